The van der Waals surface area contributed by atoms with Gasteiger partial charge in [0.2, 0.25) is 5.91 Å². The van der Waals surface area contributed by atoms with Crippen molar-refractivity contribution < 1.29 is 13.2 Å². The number of hydrogen-bond donors (Lipinski definition) is 0. The second-order valence-corrected chi connectivity index (χ2v) is 8.80. The second-order valence-electron chi connectivity index (χ2n) is 5.14. The third-order valence-electron chi connectivity index (χ3n) is 3.41. The molecule has 7 heteroatoms. The number of aryl methyl sites for hydroxylation is 1. The molecule has 0 spiro atoms. The number of amides is 1. The summed E-state index contributed by atoms with van der Waals surface area (Å²) in [7, 11) is -3.01. The summed E-state index contributed by atoms with van der Waals surface area (Å²) in [4.78, 5) is 15.0. The molecule has 4 nitrogen and oxygen atoms in total. The summed E-state index contributed by atoms with van der Waals surface area (Å²) in [5.41, 5.74) is 0. The molecule has 0 N–H and O–H groups in total. The third-order valence-corrected chi connectivity index (χ3v) is 6.65. The molecule has 0 saturated carbocycles. The zero-order valence-electron chi connectivity index (χ0n) is 11.3. The van der Waals surface area contributed by atoms with Crippen LogP contribution in [0, 0.1) is 0 Å². The molecule has 20 heavy (non-hydrogen) atoms. The standard InChI is InChI=1S/C13H18ClNO3S2/c1-10-9-20(17,18)6-2-5-15(10)13(16)4-3-12-7-11(14)8-19-12/h7-8,10H,2-6,9H2,1H3. The van der Waals surface area contributed by atoms with E-state index in [1.165, 1.54) is 0 Å². The fraction of sp³-hybridized carbons (Fsp3) is 0.615. The third kappa shape index (κ3) is 4.20. The minimum Gasteiger partial charge on any atom is -0.339 e. The topological polar surface area (TPSA) is 54.5 Å². The Morgan fingerprint density at radius 2 is 2.30 bits per heavy atom. The SMILES string of the molecule is CC1CS(=O)(=O)CCCN1C(=O)CCc1cc(Cl)cs1. The average Bonchev–Trinajstić information content (AvgIpc) is 2.70. The Kier molecular flexibility index (Phi) is 5.09. The first kappa shape index (κ1) is 15.8. The summed E-state index contributed by atoms with van der Waals surface area (Å²) in [6.07, 6.45) is 1.59. The van der Waals surface area contributed by atoms with Crippen molar-refractivity contribution in [2.45, 2.75) is 32.2 Å². The van der Waals surface area contributed by atoms with Crippen LogP contribution in [0.5, 0.6) is 0 Å². The molecule has 0 bridgehead atoms. The summed E-state index contributed by atoms with van der Waals surface area (Å²) >= 11 is 7.39. The quantitative estimate of drug-likeness (QED) is 0.852. The van der Waals surface area contributed by atoms with Crippen LogP contribution in [-0.2, 0) is 21.1 Å². The van der Waals surface area contributed by atoms with E-state index in [4.69, 9.17) is 11.6 Å². The molecule has 1 atom stereocenters. The van der Waals surface area contributed by atoms with Gasteiger partial charge in [0.15, 0.2) is 9.84 Å². The molecule has 0 aliphatic carbocycles. The highest BCUT2D eigenvalue weighted by Gasteiger charge is 2.28. The summed E-state index contributed by atoms with van der Waals surface area (Å²) < 4.78 is 23.4. The Labute approximate surface area is 128 Å². The van der Waals surface area contributed by atoms with Gasteiger partial charge in [0.05, 0.1) is 16.5 Å². The Hall–Kier alpha value is -0.590. The molecule has 1 unspecified atom stereocenters. The van der Waals surface area contributed by atoms with Gasteiger partial charge < -0.3 is 4.90 Å². The molecule has 1 aliphatic heterocycles. The van der Waals surface area contributed by atoms with Crippen molar-refractivity contribution in [1.29, 1.82) is 0 Å². The number of nitrogens with zero attached hydrogens (tertiary/aromatic N) is 1. The lowest BCUT2D eigenvalue weighted by molar-refractivity contribution is -0.132. The molecule has 2 heterocycles. The Morgan fingerprint density at radius 1 is 1.55 bits per heavy atom. The second kappa shape index (κ2) is 6.45. The molecule has 1 amide bonds. The van der Waals surface area contributed by atoms with Gasteiger partial charge in [0.25, 0.3) is 0 Å². The summed E-state index contributed by atoms with van der Waals surface area (Å²) in [6.45, 7) is 2.34. The molecular weight excluding hydrogens is 318 g/mol. The van der Waals surface area contributed by atoms with Gasteiger partial charge in [-0.25, -0.2) is 8.42 Å². The molecular formula is C13H18ClNO3S2. The number of hydrogen-bond acceptors (Lipinski definition) is 4. The predicted molar refractivity (Wildman–Crippen MR) is 82.1 cm³/mol. The highest BCUT2D eigenvalue weighted by Crippen LogP contribution is 2.21. The number of rotatable bonds is 3. The van der Waals surface area contributed by atoms with E-state index < -0.39 is 9.84 Å². The summed E-state index contributed by atoms with van der Waals surface area (Å²) in [5.74, 6) is 0.282. The molecule has 1 aromatic rings. The van der Waals surface area contributed by atoms with Crippen molar-refractivity contribution in [3.8, 4) is 0 Å². The van der Waals surface area contributed by atoms with Crippen LogP contribution in [0.2, 0.25) is 5.02 Å². The minimum atomic E-state index is -3.01. The van der Waals surface area contributed by atoms with Crippen LogP contribution in [-0.4, -0.2) is 43.3 Å². The van der Waals surface area contributed by atoms with E-state index in [0.29, 0.717) is 30.8 Å². The van der Waals surface area contributed by atoms with Crippen LogP contribution in [0.25, 0.3) is 0 Å². The largest absolute Gasteiger partial charge is 0.339 e. The first-order chi connectivity index (χ1) is 9.37. The van der Waals surface area contributed by atoms with Gasteiger partial charge in [-0.3, -0.25) is 4.79 Å². The van der Waals surface area contributed by atoms with Crippen molar-refractivity contribution in [3.05, 3.63) is 21.3 Å². The molecule has 0 aromatic carbocycles. The van der Waals surface area contributed by atoms with Gasteiger partial charge in [-0.05, 0) is 25.8 Å². The van der Waals surface area contributed by atoms with E-state index >= 15 is 0 Å². The van der Waals surface area contributed by atoms with E-state index in [9.17, 15) is 13.2 Å². The maximum Gasteiger partial charge on any atom is 0.223 e. The van der Waals surface area contributed by atoms with Crippen LogP contribution in [0.1, 0.15) is 24.6 Å². The number of halogens is 1. The van der Waals surface area contributed by atoms with Gasteiger partial charge in [-0.15, -0.1) is 11.3 Å². The van der Waals surface area contributed by atoms with Gasteiger partial charge in [-0.2, -0.15) is 0 Å². The molecule has 1 saturated heterocycles. The Balaban J connectivity index is 1.94. The highest BCUT2D eigenvalue weighted by atomic mass is 35.5. The fourth-order valence-electron chi connectivity index (χ4n) is 2.45. The van der Waals surface area contributed by atoms with E-state index in [1.807, 2.05) is 18.4 Å². The van der Waals surface area contributed by atoms with Crippen LogP contribution in [0.15, 0.2) is 11.4 Å². The maximum absolute atomic E-state index is 12.3. The highest BCUT2D eigenvalue weighted by molar-refractivity contribution is 7.91. The molecule has 0 radical (unpaired) electrons. The molecule has 1 aromatic heterocycles. The van der Waals surface area contributed by atoms with Crippen molar-refractivity contribution in [2.24, 2.45) is 0 Å². The maximum atomic E-state index is 12.3. The van der Waals surface area contributed by atoms with Crippen molar-refractivity contribution in [2.75, 3.05) is 18.1 Å². The van der Waals surface area contributed by atoms with Crippen LogP contribution < -0.4 is 0 Å². The smallest absolute Gasteiger partial charge is 0.223 e. The van der Waals surface area contributed by atoms with Gasteiger partial charge in [-0.1, -0.05) is 11.6 Å². The normalized spacial score (nSPS) is 22.5. The first-order valence-corrected chi connectivity index (χ1v) is 9.68. The predicted octanol–water partition coefficient (Wildman–Crippen LogP) is 2.37. The molecule has 1 aliphatic rings. The monoisotopic (exact) mass is 335 g/mol. The minimum absolute atomic E-state index is 0.0270. The van der Waals surface area contributed by atoms with Gasteiger partial charge in [0, 0.05) is 29.3 Å². The van der Waals surface area contributed by atoms with E-state index in [1.54, 1.807) is 16.2 Å². The van der Waals surface area contributed by atoms with E-state index in [-0.39, 0.29) is 23.5 Å². The molecule has 112 valence electrons. The summed E-state index contributed by atoms with van der Waals surface area (Å²) in [6, 6.07) is 1.64. The first-order valence-electron chi connectivity index (χ1n) is 6.60. The van der Waals surface area contributed by atoms with Crippen LogP contribution in [0.4, 0.5) is 0 Å². The molecule has 2 rings (SSSR count). The lowest BCUT2D eigenvalue weighted by Gasteiger charge is -2.26. The number of carbonyl (C=O) groups excluding carboxylic acids is 1. The lowest BCUT2D eigenvalue weighted by Crippen LogP contribution is -2.40. The lowest BCUT2D eigenvalue weighted by atomic mass is 10.2. The van der Waals surface area contributed by atoms with Crippen LogP contribution >= 0.6 is 22.9 Å². The van der Waals surface area contributed by atoms with E-state index in [0.717, 1.165) is 4.88 Å². The van der Waals surface area contributed by atoms with Crippen molar-refractivity contribution >= 4 is 38.7 Å². The number of carbonyl (C=O) groups is 1. The number of sulfone groups is 1. The Morgan fingerprint density at radius 3 is 2.95 bits per heavy atom. The van der Waals surface area contributed by atoms with E-state index in [2.05, 4.69) is 0 Å². The number of thiophene rings is 1. The fourth-order valence-corrected chi connectivity index (χ4v) is 5.17. The average molecular weight is 336 g/mol. The zero-order valence-corrected chi connectivity index (χ0v) is 13.7. The van der Waals surface area contributed by atoms with Crippen molar-refractivity contribution in [3.63, 3.8) is 0 Å². The van der Waals surface area contributed by atoms with Gasteiger partial charge >= 0.3 is 0 Å². The molecule has 1 fully saturated rings. The zero-order chi connectivity index (χ0) is 14.8. The van der Waals surface area contributed by atoms with Crippen molar-refractivity contribution in [1.82, 2.24) is 4.90 Å². The van der Waals surface area contributed by atoms with Gasteiger partial charge in [0.1, 0.15) is 0 Å². The van der Waals surface area contributed by atoms with Crippen LogP contribution in [0.3, 0.4) is 0 Å². The Bertz CT molecular complexity index is 582. The summed E-state index contributed by atoms with van der Waals surface area (Å²) in [5, 5.41) is 2.55.